The van der Waals surface area contributed by atoms with Crippen molar-refractivity contribution in [1.82, 2.24) is 4.90 Å². The van der Waals surface area contributed by atoms with Gasteiger partial charge in [0.1, 0.15) is 0 Å². The van der Waals surface area contributed by atoms with Gasteiger partial charge in [0.25, 0.3) is 0 Å². The molecule has 0 amide bonds. The van der Waals surface area contributed by atoms with Gasteiger partial charge in [-0.25, -0.2) is 0 Å². The first-order chi connectivity index (χ1) is 12.1. The SMILES string of the molecule is CCOc1cc([C@@]23C=C[C@@H](O)C[C@@H]2N(C)CC3)ccc1OCC1CC1. The highest BCUT2D eigenvalue weighted by Gasteiger charge is 2.48. The molecule has 2 fully saturated rings. The molecule has 2 aliphatic carbocycles. The van der Waals surface area contributed by atoms with Gasteiger partial charge in [-0.3, -0.25) is 0 Å². The van der Waals surface area contributed by atoms with Crippen LogP contribution in [0, 0.1) is 5.92 Å². The molecule has 1 heterocycles. The van der Waals surface area contributed by atoms with Crippen LogP contribution in [0.1, 0.15) is 38.2 Å². The predicted octanol–water partition coefficient (Wildman–Crippen LogP) is 3.14. The van der Waals surface area contributed by atoms with Gasteiger partial charge in [-0.15, -0.1) is 0 Å². The zero-order valence-corrected chi connectivity index (χ0v) is 15.3. The monoisotopic (exact) mass is 343 g/mol. The Bertz CT molecular complexity index is 655. The smallest absolute Gasteiger partial charge is 0.161 e. The van der Waals surface area contributed by atoms with E-state index in [2.05, 4.69) is 36.2 Å². The van der Waals surface area contributed by atoms with E-state index in [0.29, 0.717) is 12.6 Å². The van der Waals surface area contributed by atoms with Crippen LogP contribution in [-0.4, -0.2) is 49.0 Å². The normalized spacial score (nSPS) is 31.8. The van der Waals surface area contributed by atoms with Crippen molar-refractivity contribution in [2.24, 2.45) is 5.92 Å². The Morgan fingerprint density at radius 2 is 2.08 bits per heavy atom. The molecule has 4 heteroatoms. The number of aliphatic hydroxyl groups is 1. The lowest BCUT2D eigenvalue weighted by atomic mass is 9.69. The fourth-order valence-electron chi connectivity index (χ4n) is 4.36. The van der Waals surface area contributed by atoms with Crippen LogP contribution in [0.4, 0.5) is 0 Å². The first-order valence-corrected chi connectivity index (χ1v) is 9.60. The van der Waals surface area contributed by atoms with Crippen molar-refractivity contribution in [3.05, 3.63) is 35.9 Å². The summed E-state index contributed by atoms with van der Waals surface area (Å²) in [5.74, 6) is 2.43. The molecular formula is C21H29NO3. The number of likely N-dealkylation sites (tertiary alicyclic amines) is 1. The maximum atomic E-state index is 10.1. The Labute approximate surface area is 150 Å². The summed E-state index contributed by atoms with van der Waals surface area (Å²) in [6.45, 7) is 4.49. The summed E-state index contributed by atoms with van der Waals surface area (Å²) in [5, 5.41) is 10.1. The molecule has 0 bridgehead atoms. The number of rotatable bonds is 6. The van der Waals surface area contributed by atoms with E-state index in [1.54, 1.807) is 0 Å². The van der Waals surface area contributed by atoms with Crippen molar-refractivity contribution in [2.75, 3.05) is 26.8 Å². The fourth-order valence-corrected chi connectivity index (χ4v) is 4.36. The number of aliphatic hydroxyl groups excluding tert-OH is 1. The van der Waals surface area contributed by atoms with Gasteiger partial charge < -0.3 is 19.5 Å². The zero-order valence-electron chi connectivity index (χ0n) is 15.3. The summed E-state index contributed by atoms with van der Waals surface area (Å²) in [7, 11) is 2.16. The molecule has 1 saturated carbocycles. The molecular weight excluding hydrogens is 314 g/mol. The van der Waals surface area contributed by atoms with Gasteiger partial charge in [0.2, 0.25) is 0 Å². The lowest BCUT2D eigenvalue weighted by molar-refractivity contribution is 0.137. The molecule has 4 rings (SSSR count). The van der Waals surface area contributed by atoms with Gasteiger partial charge in [-0.2, -0.15) is 0 Å². The van der Waals surface area contributed by atoms with Gasteiger partial charge in [-0.05, 0) is 69.8 Å². The van der Waals surface area contributed by atoms with E-state index in [0.717, 1.165) is 43.4 Å². The van der Waals surface area contributed by atoms with Crippen LogP contribution >= 0.6 is 0 Å². The fraction of sp³-hybridized carbons (Fsp3) is 0.619. The summed E-state index contributed by atoms with van der Waals surface area (Å²) >= 11 is 0. The molecule has 25 heavy (non-hydrogen) atoms. The molecule has 0 radical (unpaired) electrons. The van der Waals surface area contributed by atoms with Gasteiger partial charge in [0.15, 0.2) is 11.5 Å². The number of hydrogen-bond acceptors (Lipinski definition) is 4. The zero-order chi connectivity index (χ0) is 17.4. The average Bonchev–Trinajstić information content (AvgIpc) is 3.38. The van der Waals surface area contributed by atoms with Crippen LogP contribution in [0.2, 0.25) is 0 Å². The molecule has 136 valence electrons. The number of likely N-dealkylation sites (N-methyl/N-ethyl adjacent to an activating group) is 1. The molecule has 0 spiro atoms. The van der Waals surface area contributed by atoms with Crippen LogP contribution in [0.3, 0.4) is 0 Å². The van der Waals surface area contributed by atoms with Crippen molar-refractivity contribution in [3.63, 3.8) is 0 Å². The van der Waals surface area contributed by atoms with Crippen molar-refractivity contribution in [1.29, 1.82) is 0 Å². The summed E-state index contributed by atoms with van der Waals surface area (Å²) in [6.07, 6.45) is 8.28. The topological polar surface area (TPSA) is 41.9 Å². The van der Waals surface area contributed by atoms with Crippen LogP contribution in [0.5, 0.6) is 11.5 Å². The van der Waals surface area contributed by atoms with Crippen LogP contribution in [0.15, 0.2) is 30.4 Å². The molecule has 0 unspecified atom stereocenters. The summed E-state index contributed by atoms with van der Waals surface area (Å²) < 4.78 is 11.9. The van der Waals surface area contributed by atoms with E-state index in [9.17, 15) is 5.11 Å². The third-order valence-corrected chi connectivity index (χ3v) is 6.04. The van der Waals surface area contributed by atoms with Crippen LogP contribution < -0.4 is 9.47 Å². The van der Waals surface area contributed by atoms with E-state index in [1.807, 2.05) is 13.0 Å². The third-order valence-electron chi connectivity index (χ3n) is 6.04. The summed E-state index contributed by atoms with van der Waals surface area (Å²) in [5.41, 5.74) is 1.24. The Morgan fingerprint density at radius 1 is 1.24 bits per heavy atom. The minimum Gasteiger partial charge on any atom is -0.490 e. The Kier molecular flexibility index (Phi) is 4.50. The Hall–Kier alpha value is -1.52. The standard InChI is InChI=1S/C21H29NO3/c1-3-24-19-12-16(6-7-18(19)25-14-15-4-5-15)21-9-8-17(23)13-20(21)22(2)11-10-21/h6-9,12,15,17,20,23H,3-5,10-11,13-14H2,1-2H3/t17-,20+,21+/m1/s1. The van der Waals surface area contributed by atoms with Crippen LogP contribution in [-0.2, 0) is 5.41 Å². The van der Waals surface area contributed by atoms with Gasteiger partial charge in [0, 0.05) is 11.5 Å². The summed E-state index contributed by atoms with van der Waals surface area (Å²) in [4.78, 5) is 2.38. The van der Waals surface area contributed by atoms with Crippen molar-refractivity contribution < 1.29 is 14.6 Å². The van der Waals surface area contributed by atoms with E-state index in [1.165, 1.54) is 18.4 Å². The minimum absolute atomic E-state index is 0.0329. The molecule has 1 N–H and O–H groups in total. The van der Waals surface area contributed by atoms with E-state index in [-0.39, 0.29) is 11.5 Å². The highest BCUT2D eigenvalue weighted by molar-refractivity contribution is 5.49. The Morgan fingerprint density at radius 3 is 2.84 bits per heavy atom. The average molecular weight is 343 g/mol. The number of hydrogen-bond donors (Lipinski definition) is 1. The Balaban J connectivity index is 1.66. The summed E-state index contributed by atoms with van der Waals surface area (Å²) in [6, 6.07) is 6.77. The molecule has 1 aliphatic heterocycles. The van der Waals surface area contributed by atoms with E-state index in [4.69, 9.17) is 9.47 Å². The molecule has 1 aromatic carbocycles. The maximum Gasteiger partial charge on any atom is 0.161 e. The van der Waals surface area contributed by atoms with Crippen LogP contribution in [0.25, 0.3) is 0 Å². The number of fused-ring (bicyclic) bond motifs is 1. The number of ether oxygens (including phenoxy) is 2. The predicted molar refractivity (Wildman–Crippen MR) is 98.3 cm³/mol. The molecule has 1 saturated heterocycles. The van der Waals surface area contributed by atoms with Crippen molar-refractivity contribution >= 4 is 0 Å². The second kappa shape index (κ2) is 6.65. The second-order valence-corrected chi connectivity index (χ2v) is 7.80. The molecule has 0 aromatic heterocycles. The number of benzene rings is 1. The molecule has 3 aliphatic rings. The number of nitrogens with zero attached hydrogens (tertiary/aromatic N) is 1. The van der Waals surface area contributed by atoms with Gasteiger partial charge in [0.05, 0.1) is 19.3 Å². The van der Waals surface area contributed by atoms with E-state index < -0.39 is 0 Å². The highest BCUT2D eigenvalue weighted by atomic mass is 16.5. The molecule has 4 nitrogen and oxygen atoms in total. The quantitative estimate of drug-likeness (QED) is 0.806. The van der Waals surface area contributed by atoms with Gasteiger partial charge in [-0.1, -0.05) is 18.2 Å². The maximum absolute atomic E-state index is 10.1. The second-order valence-electron chi connectivity index (χ2n) is 7.80. The third kappa shape index (κ3) is 3.18. The lowest BCUT2D eigenvalue weighted by Crippen LogP contribution is -2.44. The van der Waals surface area contributed by atoms with Crippen molar-refractivity contribution in [2.45, 2.75) is 50.2 Å². The van der Waals surface area contributed by atoms with Crippen molar-refractivity contribution in [3.8, 4) is 11.5 Å². The molecule has 3 atom stereocenters. The minimum atomic E-state index is -0.341. The highest BCUT2D eigenvalue weighted by Crippen LogP contribution is 2.47. The van der Waals surface area contributed by atoms with Gasteiger partial charge >= 0.3 is 0 Å². The van der Waals surface area contributed by atoms with E-state index >= 15 is 0 Å². The lowest BCUT2D eigenvalue weighted by Gasteiger charge is -2.39. The first kappa shape index (κ1) is 16.9. The largest absolute Gasteiger partial charge is 0.490 e. The molecule has 1 aromatic rings. The first-order valence-electron chi connectivity index (χ1n) is 9.60.